The minimum absolute atomic E-state index is 0.104. The molecule has 0 atom stereocenters. The third-order valence-corrected chi connectivity index (χ3v) is 3.97. The lowest BCUT2D eigenvalue weighted by Gasteiger charge is -2.26. The van der Waals surface area contributed by atoms with Crippen LogP contribution in [0.4, 0.5) is 0 Å². The molecular weight excluding hydrogens is 264 g/mol. The van der Waals surface area contributed by atoms with Gasteiger partial charge in [0.05, 0.1) is 5.57 Å². The van der Waals surface area contributed by atoms with Gasteiger partial charge in [0.15, 0.2) is 11.5 Å². The Hall–Kier alpha value is -2.68. The maximum absolute atomic E-state index is 12.6. The average Bonchev–Trinajstić information content (AvgIpc) is 2.51. The number of benzene rings is 2. The summed E-state index contributed by atoms with van der Waals surface area (Å²) in [6, 6.07) is 12.7. The van der Waals surface area contributed by atoms with Crippen molar-refractivity contribution in [2.45, 2.75) is 13.3 Å². The van der Waals surface area contributed by atoms with Crippen molar-refractivity contribution in [3.05, 3.63) is 76.1 Å². The summed E-state index contributed by atoms with van der Waals surface area (Å²) in [6.07, 6.45) is 0.450. The number of carbonyl (C=O) groups excluding carboxylic acids is 2. The molecule has 2 aromatic carbocycles. The van der Waals surface area contributed by atoms with Gasteiger partial charge in [0.25, 0.3) is 0 Å². The molecular formula is C18H12O3. The van der Waals surface area contributed by atoms with Crippen molar-refractivity contribution < 1.29 is 14.3 Å². The normalized spacial score (nSPS) is 16.0. The monoisotopic (exact) mass is 276 g/mol. The van der Waals surface area contributed by atoms with Gasteiger partial charge in [-0.2, -0.15) is 0 Å². The Morgan fingerprint density at radius 1 is 0.952 bits per heavy atom. The van der Waals surface area contributed by atoms with E-state index in [1.54, 1.807) is 24.3 Å². The highest BCUT2D eigenvalue weighted by Gasteiger charge is 2.36. The van der Waals surface area contributed by atoms with Gasteiger partial charge in [0.2, 0.25) is 5.78 Å². The second kappa shape index (κ2) is 4.16. The topological polar surface area (TPSA) is 43.4 Å². The van der Waals surface area contributed by atoms with Crippen molar-refractivity contribution in [2.24, 2.45) is 0 Å². The molecule has 4 rings (SSSR count). The summed E-state index contributed by atoms with van der Waals surface area (Å²) in [5.74, 6) is 0.550. The Bertz CT molecular complexity index is 843. The summed E-state index contributed by atoms with van der Waals surface area (Å²) in [5, 5.41) is 0. The van der Waals surface area contributed by atoms with Crippen molar-refractivity contribution in [3.8, 4) is 5.75 Å². The summed E-state index contributed by atoms with van der Waals surface area (Å²) >= 11 is 0. The van der Waals surface area contributed by atoms with Gasteiger partial charge >= 0.3 is 0 Å². The van der Waals surface area contributed by atoms with Crippen LogP contribution < -0.4 is 4.74 Å². The number of aryl methyl sites for hydroxylation is 1. The first-order valence-electron chi connectivity index (χ1n) is 6.84. The molecule has 0 spiro atoms. The Morgan fingerprint density at radius 2 is 1.67 bits per heavy atom. The van der Waals surface area contributed by atoms with Crippen molar-refractivity contribution in [3.63, 3.8) is 0 Å². The number of fused-ring (bicyclic) bond motifs is 2. The van der Waals surface area contributed by atoms with Crippen LogP contribution in [0.2, 0.25) is 0 Å². The van der Waals surface area contributed by atoms with Gasteiger partial charge in [-0.1, -0.05) is 42.0 Å². The summed E-state index contributed by atoms with van der Waals surface area (Å²) in [7, 11) is 0. The lowest BCUT2D eigenvalue weighted by molar-refractivity contribution is 0.0930. The number of ketones is 2. The SMILES string of the molecule is Cc1ccc2c(c1)CC1=C(O2)C(=O)c2ccccc2C1=O. The van der Waals surface area contributed by atoms with Gasteiger partial charge in [0, 0.05) is 17.5 Å². The van der Waals surface area contributed by atoms with Gasteiger partial charge in [-0.3, -0.25) is 9.59 Å². The molecule has 3 heteroatoms. The van der Waals surface area contributed by atoms with Crippen LogP contribution in [-0.2, 0) is 6.42 Å². The minimum atomic E-state index is -0.202. The van der Waals surface area contributed by atoms with Gasteiger partial charge in [0.1, 0.15) is 5.75 Å². The molecule has 1 heterocycles. The maximum Gasteiger partial charge on any atom is 0.229 e. The van der Waals surface area contributed by atoms with E-state index in [0.717, 1.165) is 11.1 Å². The van der Waals surface area contributed by atoms with Crippen LogP contribution >= 0.6 is 0 Å². The van der Waals surface area contributed by atoms with Gasteiger partial charge in [-0.05, 0) is 18.6 Å². The highest BCUT2D eigenvalue weighted by molar-refractivity contribution is 6.26. The van der Waals surface area contributed by atoms with Crippen LogP contribution in [0.3, 0.4) is 0 Å². The molecule has 0 unspecified atom stereocenters. The zero-order valence-corrected chi connectivity index (χ0v) is 11.5. The predicted molar refractivity (Wildman–Crippen MR) is 77.6 cm³/mol. The van der Waals surface area contributed by atoms with Crippen LogP contribution in [0.25, 0.3) is 0 Å². The van der Waals surface area contributed by atoms with Gasteiger partial charge in [-0.15, -0.1) is 0 Å². The van der Waals surface area contributed by atoms with Crippen LogP contribution in [0.15, 0.2) is 53.8 Å². The Kier molecular flexibility index (Phi) is 2.39. The van der Waals surface area contributed by atoms with E-state index in [9.17, 15) is 9.59 Å². The molecule has 2 aliphatic rings. The smallest absolute Gasteiger partial charge is 0.229 e. The summed E-state index contributed by atoms with van der Waals surface area (Å²) in [6.45, 7) is 1.99. The van der Waals surface area contributed by atoms with Crippen LogP contribution in [0.1, 0.15) is 31.8 Å². The van der Waals surface area contributed by atoms with Crippen LogP contribution in [-0.4, -0.2) is 11.6 Å². The van der Waals surface area contributed by atoms with E-state index in [0.29, 0.717) is 28.9 Å². The number of rotatable bonds is 0. The van der Waals surface area contributed by atoms with E-state index in [2.05, 4.69) is 0 Å². The molecule has 0 radical (unpaired) electrons. The molecule has 0 amide bonds. The molecule has 0 saturated heterocycles. The largest absolute Gasteiger partial charge is 0.452 e. The summed E-state index contributed by atoms with van der Waals surface area (Å²) < 4.78 is 5.74. The molecule has 0 aromatic heterocycles. The zero-order valence-electron chi connectivity index (χ0n) is 11.5. The highest BCUT2D eigenvalue weighted by Crippen LogP contribution is 2.36. The molecule has 0 N–H and O–H groups in total. The fourth-order valence-corrected chi connectivity index (χ4v) is 2.92. The lowest BCUT2D eigenvalue weighted by atomic mass is 9.84. The number of Topliss-reactive ketones (excluding diaryl/α,β-unsaturated/α-hetero) is 2. The first-order chi connectivity index (χ1) is 10.1. The fourth-order valence-electron chi connectivity index (χ4n) is 2.92. The number of allylic oxidation sites excluding steroid dienone is 2. The third-order valence-electron chi connectivity index (χ3n) is 3.97. The fraction of sp³-hybridized carbons (Fsp3) is 0.111. The van der Waals surface area contributed by atoms with Crippen LogP contribution in [0.5, 0.6) is 5.75 Å². The van der Waals surface area contributed by atoms with Gasteiger partial charge in [-0.25, -0.2) is 0 Å². The lowest BCUT2D eigenvalue weighted by Crippen LogP contribution is -2.28. The van der Waals surface area contributed by atoms with E-state index in [1.807, 2.05) is 25.1 Å². The minimum Gasteiger partial charge on any atom is -0.452 e. The Balaban J connectivity index is 1.88. The molecule has 0 bridgehead atoms. The second-order valence-electron chi connectivity index (χ2n) is 5.40. The summed E-state index contributed by atoms with van der Waals surface area (Å²) in [4.78, 5) is 25.1. The number of hydrogen-bond acceptors (Lipinski definition) is 3. The molecule has 1 aliphatic heterocycles. The molecule has 0 fully saturated rings. The number of hydrogen-bond donors (Lipinski definition) is 0. The number of carbonyl (C=O) groups is 2. The van der Waals surface area contributed by atoms with E-state index in [1.165, 1.54) is 0 Å². The van der Waals surface area contributed by atoms with E-state index < -0.39 is 0 Å². The molecule has 0 saturated carbocycles. The number of ether oxygens (including phenoxy) is 1. The van der Waals surface area contributed by atoms with E-state index >= 15 is 0 Å². The van der Waals surface area contributed by atoms with E-state index in [-0.39, 0.29) is 17.3 Å². The highest BCUT2D eigenvalue weighted by atomic mass is 16.5. The first-order valence-corrected chi connectivity index (χ1v) is 6.84. The van der Waals surface area contributed by atoms with Crippen LogP contribution in [0, 0.1) is 6.92 Å². The molecule has 21 heavy (non-hydrogen) atoms. The zero-order chi connectivity index (χ0) is 14.6. The third kappa shape index (κ3) is 1.67. The van der Waals surface area contributed by atoms with Crippen molar-refractivity contribution in [1.29, 1.82) is 0 Å². The average molecular weight is 276 g/mol. The first kappa shape index (κ1) is 12.1. The molecule has 1 aliphatic carbocycles. The predicted octanol–water partition coefficient (Wildman–Crippen LogP) is 3.26. The quantitative estimate of drug-likeness (QED) is 0.741. The van der Waals surface area contributed by atoms with Crippen molar-refractivity contribution in [2.75, 3.05) is 0 Å². The standard InChI is InChI=1S/C18H12O3/c1-10-6-7-15-11(8-10)9-14-16(19)12-4-2-3-5-13(12)17(20)18(14)21-15/h2-8H,9H2,1H3. The Labute approximate surface area is 121 Å². The summed E-state index contributed by atoms with van der Waals surface area (Å²) in [5.41, 5.74) is 3.43. The second-order valence-corrected chi connectivity index (χ2v) is 5.40. The maximum atomic E-state index is 12.6. The Morgan fingerprint density at radius 3 is 2.43 bits per heavy atom. The molecule has 2 aromatic rings. The van der Waals surface area contributed by atoms with Crippen molar-refractivity contribution in [1.82, 2.24) is 0 Å². The molecule has 102 valence electrons. The molecule has 3 nitrogen and oxygen atoms in total. The van der Waals surface area contributed by atoms with E-state index in [4.69, 9.17) is 4.74 Å². The van der Waals surface area contributed by atoms with Gasteiger partial charge < -0.3 is 4.74 Å². The van der Waals surface area contributed by atoms with Crippen molar-refractivity contribution >= 4 is 11.6 Å².